The lowest BCUT2D eigenvalue weighted by atomic mass is 9.94. The summed E-state index contributed by atoms with van der Waals surface area (Å²) in [6.45, 7) is 7.60. The fourth-order valence-electron chi connectivity index (χ4n) is 3.61. The molecule has 1 amide bonds. The van der Waals surface area contributed by atoms with Gasteiger partial charge in [0, 0.05) is 50.2 Å². The third kappa shape index (κ3) is 5.73. The minimum absolute atomic E-state index is 0.168. The van der Waals surface area contributed by atoms with Crippen molar-refractivity contribution in [1.82, 2.24) is 14.9 Å². The summed E-state index contributed by atoms with van der Waals surface area (Å²) in [5.41, 5.74) is 4.78. The van der Waals surface area contributed by atoms with Crippen molar-refractivity contribution in [2.45, 2.75) is 40.2 Å². The summed E-state index contributed by atoms with van der Waals surface area (Å²) in [5, 5.41) is 2.98. The number of carbonyl (C=O) groups excluding carboxylic acids is 1. The average Bonchev–Trinajstić information content (AvgIpc) is 3.46. The Labute approximate surface area is 189 Å². The Balaban J connectivity index is 1.75. The van der Waals surface area contributed by atoms with Gasteiger partial charge in [0.15, 0.2) is 0 Å². The highest BCUT2D eigenvalue weighted by Gasteiger charge is 2.25. The first-order chi connectivity index (χ1) is 15.4. The zero-order valence-corrected chi connectivity index (χ0v) is 19.5. The molecule has 32 heavy (non-hydrogen) atoms. The number of ether oxygens (including phenoxy) is 2. The largest absolute Gasteiger partial charge is 0.501 e. The summed E-state index contributed by atoms with van der Waals surface area (Å²) in [6, 6.07) is 7.59. The molecule has 2 heterocycles. The molecular weight excluding hydrogens is 404 g/mol. The molecule has 1 aliphatic heterocycles. The number of nitrogens with zero attached hydrogens (tertiary/aromatic N) is 3. The van der Waals surface area contributed by atoms with Crippen molar-refractivity contribution in [1.29, 1.82) is 0 Å². The first-order valence-corrected chi connectivity index (χ1v) is 10.8. The standard InChI is InChI=1S/C25H32N4O3/c1-17(10-13-31-4)18(2)24-22(19(3)32-5)14-23(27-24)28-25(30)21-8-6-20(7-9-21)15-29-12-11-26-16-29/h6-9,11-12,16-17H,10,13-15H2,1-5H3,(H,27,28,30)/b22-19+,24-18-. The lowest BCUT2D eigenvalue weighted by Crippen LogP contribution is -2.29. The second-order valence-corrected chi connectivity index (χ2v) is 8.07. The Morgan fingerprint density at radius 1 is 1.22 bits per heavy atom. The van der Waals surface area contributed by atoms with Gasteiger partial charge < -0.3 is 19.4 Å². The number of aromatic nitrogens is 2. The molecule has 170 valence electrons. The fourth-order valence-corrected chi connectivity index (χ4v) is 3.61. The van der Waals surface area contributed by atoms with Crippen molar-refractivity contribution < 1.29 is 14.3 Å². The number of amidine groups is 1. The van der Waals surface area contributed by atoms with Crippen molar-refractivity contribution >= 4 is 11.7 Å². The van der Waals surface area contributed by atoms with Gasteiger partial charge in [-0.15, -0.1) is 0 Å². The molecule has 0 bridgehead atoms. The topological polar surface area (TPSA) is 77.7 Å². The van der Waals surface area contributed by atoms with Crippen molar-refractivity contribution in [3.05, 3.63) is 76.7 Å². The van der Waals surface area contributed by atoms with E-state index in [2.05, 4.69) is 24.1 Å². The summed E-state index contributed by atoms with van der Waals surface area (Å²) in [6.07, 6.45) is 6.88. The quantitative estimate of drug-likeness (QED) is 0.625. The summed E-state index contributed by atoms with van der Waals surface area (Å²) >= 11 is 0. The molecule has 0 spiro atoms. The normalized spacial score (nSPS) is 17.6. The number of methoxy groups -OCH3 is 2. The smallest absolute Gasteiger partial charge is 0.256 e. The van der Waals surface area contributed by atoms with Gasteiger partial charge in [0.25, 0.3) is 5.91 Å². The number of allylic oxidation sites excluding steroid dienone is 3. The van der Waals surface area contributed by atoms with E-state index in [4.69, 9.17) is 14.5 Å². The highest BCUT2D eigenvalue weighted by atomic mass is 16.5. The van der Waals surface area contributed by atoms with E-state index in [-0.39, 0.29) is 5.91 Å². The zero-order valence-electron chi connectivity index (χ0n) is 19.5. The van der Waals surface area contributed by atoms with Crippen molar-refractivity contribution in [2.24, 2.45) is 10.9 Å². The predicted molar refractivity (Wildman–Crippen MR) is 125 cm³/mol. The molecule has 0 saturated carbocycles. The minimum Gasteiger partial charge on any atom is -0.501 e. The van der Waals surface area contributed by atoms with Gasteiger partial charge in [0.2, 0.25) is 0 Å². The Morgan fingerprint density at radius 3 is 2.59 bits per heavy atom. The van der Waals surface area contributed by atoms with Crippen LogP contribution < -0.4 is 5.32 Å². The minimum atomic E-state index is -0.168. The lowest BCUT2D eigenvalue weighted by Gasteiger charge is -2.15. The number of carbonyl (C=O) groups is 1. The number of benzene rings is 1. The fraction of sp³-hybridized carbons (Fsp3) is 0.400. The summed E-state index contributed by atoms with van der Waals surface area (Å²) < 4.78 is 12.7. The maximum absolute atomic E-state index is 12.8. The molecule has 1 aliphatic rings. The van der Waals surface area contributed by atoms with Crippen LogP contribution in [0.2, 0.25) is 0 Å². The molecular formula is C25H32N4O3. The molecule has 1 aromatic carbocycles. The van der Waals surface area contributed by atoms with E-state index in [9.17, 15) is 4.79 Å². The van der Waals surface area contributed by atoms with Crippen LogP contribution in [-0.2, 0) is 16.0 Å². The molecule has 0 saturated heterocycles. The molecule has 2 aromatic rings. The van der Waals surface area contributed by atoms with Crippen LogP contribution in [0.1, 0.15) is 49.5 Å². The van der Waals surface area contributed by atoms with Gasteiger partial charge >= 0.3 is 0 Å². The van der Waals surface area contributed by atoms with Crippen LogP contribution in [0.25, 0.3) is 0 Å². The molecule has 0 radical (unpaired) electrons. The molecule has 0 fully saturated rings. The van der Waals surface area contributed by atoms with E-state index >= 15 is 0 Å². The van der Waals surface area contributed by atoms with Gasteiger partial charge in [0.05, 0.1) is 24.9 Å². The summed E-state index contributed by atoms with van der Waals surface area (Å²) in [4.78, 5) is 21.7. The van der Waals surface area contributed by atoms with E-state index in [1.807, 2.05) is 42.0 Å². The average molecular weight is 437 g/mol. The number of nitrogens with one attached hydrogen (secondary N) is 1. The van der Waals surface area contributed by atoms with Crippen LogP contribution >= 0.6 is 0 Å². The first-order valence-electron chi connectivity index (χ1n) is 10.8. The maximum atomic E-state index is 12.8. The van der Waals surface area contributed by atoms with E-state index in [1.54, 1.807) is 26.7 Å². The molecule has 1 atom stereocenters. The molecule has 1 aromatic heterocycles. The Bertz CT molecular complexity index is 1020. The predicted octanol–water partition coefficient (Wildman–Crippen LogP) is 4.33. The summed E-state index contributed by atoms with van der Waals surface area (Å²) in [5.74, 6) is 1.59. The van der Waals surface area contributed by atoms with E-state index in [0.717, 1.165) is 29.0 Å². The molecule has 0 aliphatic carbocycles. The number of aliphatic imine (C=N–C) groups is 1. The molecule has 7 nitrogen and oxygen atoms in total. The van der Waals surface area contributed by atoms with Crippen LogP contribution in [-0.4, -0.2) is 42.1 Å². The number of hydrogen-bond donors (Lipinski definition) is 1. The zero-order chi connectivity index (χ0) is 23.1. The SMILES string of the molecule is COCCC(C)/C(C)=C1\N=C(NC(=O)c2ccc(Cn3ccnc3)cc2)C\C1=C(\C)OC. The number of amides is 1. The molecule has 3 rings (SSSR count). The molecule has 7 heteroatoms. The number of rotatable bonds is 8. The monoisotopic (exact) mass is 436 g/mol. The summed E-state index contributed by atoms with van der Waals surface area (Å²) in [7, 11) is 3.37. The van der Waals surface area contributed by atoms with Gasteiger partial charge in [-0.1, -0.05) is 19.1 Å². The second kappa shape index (κ2) is 10.9. The van der Waals surface area contributed by atoms with Gasteiger partial charge in [-0.05, 0) is 49.5 Å². The molecule has 1 N–H and O–H groups in total. The Kier molecular flexibility index (Phi) is 8.00. The van der Waals surface area contributed by atoms with Gasteiger partial charge in [-0.25, -0.2) is 9.98 Å². The molecule has 1 unspecified atom stereocenters. The van der Waals surface area contributed by atoms with Crippen molar-refractivity contribution in [2.75, 3.05) is 20.8 Å². The first kappa shape index (κ1) is 23.5. The number of imidazole rings is 1. The Morgan fingerprint density at radius 2 is 1.97 bits per heavy atom. The lowest BCUT2D eigenvalue weighted by molar-refractivity contribution is 0.0976. The van der Waals surface area contributed by atoms with Gasteiger partial charge in [-0.2, -0.15) is 0 Å². The van der Waals surface area contributed by atoms with E-state index < -0.39 is 0 Å². The third-order valence-electron chi connectivity index (χ3n) is 5.87. The van der Waals surface area contributed by atoms with E-state index in [0.29, 0.717) is 36.9 Å². The highest BCUT2D eigenvalue weighted by Crippen LogP contribution is 2.33. The van der Waals surface area contributed by atoms with Crippen LogP contribution in [0.15, 0.2) is 70.6 Å². The van der Waals surface area contributed by atoms with Gasteiger partial charge in [0.1, 0.15) is 5.84 Å². The maximum Gasteiger partial charge on any atom is 0.256 e. The number of hydrogen-bond acceptors (Lipinski definition) is 5. The Hall–Kier alpha value is -3.19. The second-order valence-electron chi connectivity index (χ2n) is 8.07. The van der Waals surface area contributed by atoms with Crippen LogP contribution in [0.5, 0.6) is 0 Å². The van der Waals surface area contributed by atoms with Crippen LogP contribution in [0.3, 0.4) is 0 Å². The van der Waals surface area contributed by atoms with Gasteiger partial charge in [-0.3, -0.25) is 4.79 Å². The van der Waals surface area contributed by atoms with Crippen LogP contribution in [0, 0.1) is 5.92 Å². The highest BCUT2D eigenvalue weighted by molar-refractivity contribution is 6.08. The van der Waals surface area contributed by atoms with Crippen molar-refractivity contribution in [3.8, 4) is 0 Å². The third-order valence-corrected chi connectivity index (χ3v) is 5.87. The van der Waals surface area contributed by atoms with Crippen molar-refractivity contribution in [3.63, 3.8) is 0 Å². The van der Waals surface area contributed by atoms with E-state index in [1.165, 1.54) is 5.57 Å². The van der Waals surface area contributed by atoms with Crippen LogP contribution in [0.4, 0.5) is 0 Å².